The lowest BCUT2D eigenvalue weighted by molar-refractivity contribution is 0.0958. The number of hydrogen-bond acceptors (Lipinski definition) is 1. The normalized spacial score (nSPS) is 9.69. The number of nitrogens with one attached hydrogen (secondary N) is 1. The van der Waals surface area contributed by atoms with Crippen molar-refractivity contribution in [1.29, 1.82) is 0 Å². The molecular formula is C13H16ClNO. The second-order valence-electron chi connectivity index (χ2n) is 3.83. The molecule has 86 valence electrons. The monoisotopic (exact) mass is 237 g/mol. The van der Waals surface area contributed by atoms with Crippen LogP contribution < -0.4 is 5.32 Å². The molecule has 0 unspecified atom stereocenters. The zero-order valence-electron chi connectivity index (χ0n) is 9.59. The molecule has 0 aliphatic rings. The van der Waals surface area contributed by atoms with Crippen molar-refractivity contribution in [3.05, 3.63) is 47.0 Å². The van der Waals surface area contributed by atoms with Crippen LogP contribution in [0.25, 0.3) is 0 Å². The van der Waals surface area contributed by atoms with Crippen molar-refractivity contribution in [2.75, 3.05) is 6.54 Å². The molecule has 1 aromatic rings. The van der Waals surface area contributed by atoms with Gasteiger partial charge in [0.1, 0.15) is 0 Å². The second kappa shape index (κ2) is 6.33. The van der Waals surface area contributed by atoms with Crippen LogP contribution in [0.5, 0.6) is 0 Å². The molecule has 0 saturated carbocycles. The van der Waals surface area contributed by atoms with E-state index in [0.717, 1.165) is 5.56 Å². The average Bonchev–Trinajstić information content (AvgIpc) is 2.28. The molecule has 3 heteroatoms. The molecule has 0 aromatic heterocycles. The van der Waals surface area contributed by atoms with Gasteiger partial charge in [-0.2, -0.15) is 0 Å². The van der Waals surface area contributed by atoms with E-state index in [1.807, 2.05) is 38.1 Å². The zero-order valence-corrected chi connectivity index (χ0v) is 10.3. The fourth-order valence-electron chi connectivity index (χ4n) is 1.25. The summed E-state index contributed by atoms with van der Waals surface area (Å²) in [5.41, 5.74) is 2.80. The minimum Gasteiger partial charge on any atom is -0.349 e. The van der Waals surface area contributed by atoms with Gasteiger partial charge in [-0.1, -0.05) is 23.8 Å². The first-order valence-electron chi connectivity index (χ1n) is 5.20. The van der Waals surface area contributed by atoms with E-state index in [-0.39, 0.29) is 5.91 Å². The quantitative estimate of drug-likeness (QED) is 0.633. The predicted octanol–water partition coefficient (Wildman–Crippen LogP) is 3.12. The van der Waals surface area contributed by atoms with E-state index < -0.39 is 0 Å². The molecule has 0 atom stereocenters. The SMILES string of the molecule is CC(C)=CCNC(=O)c1cccc(CCl)c1. The van der Waals surface area contributed by atoms with Gasteiger partial charge < -0.3 is 5.32 Å². The Bertz CT molecular complexity index is 395. The molecule has 1 amide bonds. The molecule has 1 aromatic carbocycles. The number of rotatable bonds is 4. The standard InChI is InChI=1S/C13H16ClNO/c1-10(2)6-7-15-13(16)12-5-3-4-11(8-12)9-14/h3-6,8H,7,9H2,1-2H3,(H,15,16). The van der Waals surface area contributed by atoms with E-state index in [0.29, 0.717) is 18.0 Å². The topological polar surface area (TPSA) is 29.1 Å². The number of alkyl halides is 1. The van der Waals surface area contributed by atoms with Crippen LogP contribution in [-0.2, 0) is 5.88 Å². The highest BCUT2D eigenvalue weighted by Gasteiger charge is 2.04. The van der Waals surface area contributed by atoms with E-state index in [1.165, 1.54) is 5.57 Å². The molecule has 16 heavy (non-hydrogen) atoms. The number of amides is 1. The van der Waals surface area contributed by atoms with Gasteiger partial charge >= 0.3 is 0 Å². The number of allylic oxidation sites excluding steroid dienone is 1. The van der Waals surface area contributed by atoms with Crippen molar-refractivity contribution < 1.29 is 4.79 Å². The van der Waals surface area contributed by atoms with Gasteiger partial charge in [0.15, 0.2) is 0 Å². The Labute approximate surface area is 101 Å². The Hall–Kier alpha value is -1.28. The maximum absolute atomic E-state index is 11.7. The van der Waals surface area contributed by atoms with Crippen molar-refractivity contribution in [2.45, 2.75) is 19.7 Å². The lowest BCUT2D eigenvalue weighted by Gasteiger charge is -2.04. The number of carbonyl (C=O) groups is 1. The Balaban J connectivity index is 2.62. The number of carbonyl (C=O) groups excluding carboxylic acids is 1. The smallest absolute Gasteiger partial charge is 0.251 e. The molecular weight excluding hydrogens is 222 g/mol. The van der Waals surface area contributed by atoms with Crippen LogP contribution in [0, 0.1) is 0 Å². The molecule has 0 bridgehead atoms. The molecule has 0 saturated heterocycles. The molecule has 1 N–H and O–H groups in total. The van der Waals surface area contributed by atoms with E-state index in [2.05, 4.69) is 5.32 Å². The minimum absolute atomic E-state index is 0.0653. The molecule has 0 radical (unpaired) electrons. The number of halogens is 1. The largest absolute Gasteiger partial charge is 0.349 e. The van der Waals surface area contributed by atoms with E-state index in [4.69, 9.17) is 11.6 Å². The van der Waals surface area contributed by atoms with Crippen LogP contribution in [0.4, 0.5) is 0 Å². The maximum Gasteiger partial charge on any atom is 0.251 e. The van der Waals surface area contributed by atoms with Crippen molar-refractivity contribution in [3.8, 4) is 0 Å². The Morgan fingerprint density at radius 1 is 1.44 bits per heavy atom. The Morgan fingerprint density at radius 2 is 2.19 bits per heavy atom. The van der Waals surface area contributed by atoms with Crippen molar-refractivity contribution in [1.82, 2.24) is 5.32 Å². The van der Waals surface area contributed by atoms with Gasteiger partial charge in [-0.15, -0.1) is 11.6 Å². The third kappa shape index (κ3) is 4.07. The summed E-state index contributed by atoms with van der Waals surface area (Å²) in [6, 6.07) is 7.34. The lowest BCUT2D eigenvalue weighted by atomic mass is 10.1. The van der Waals surface area contributed by atoms with E-state index >= 15 is 0 Å². The third-order valence-electron chi connectivity index (χ3n) is 2.12. The van der Waals surface area contributed by atoms with Crippen LogP contribution in [0.3, 0.4) is 0 Å². The first-order chi connectivity index (χ1) is 7.63. The predicted molar refractivity (Wildman–Crippen MR) is 67.8 cm³/mol. The van der Waals surface area contributed by atoms with Gasteiger partial charge in [0.25, 0.3) is 5.91 Å². The maximum atomic E-state index is 11.7. The number of benzene rings is 1. The summed E-state index contributed by atoms with van der Waals surface area (Å²) in [7, 11) is 0. The highest BCUT2D eigenvalue weighted by molar-refractivity contribution is 6.17. The van der Waals surface area contributed by atoms with Crippen LogP contribution >= 0.6 is 11.6 Å². The van der Waals surface area contributed by atoms with Crippen LogP contribution in [-0.4, -0.2) is 12.5 Å². The van der Waals surface area contributed by atoms with Crippen molar-refractivity contribution in [2.24, 2.45) is 0 Å². The summed E-state index contributed by atoms with van der Waals surface area (Å²) in [6.07, 6.45) is 1.98. The van der Waals surface area contributed by atoms with Gasteiger partial charge in [0.05, 0.1) is 0 Å². The molecule has 0 heterocycles. The van der Waals surface area contributed by atoms with E-state index in [9.17, 15) is 4.79 Å². The lowest BCUT2D eigenvalue weighted by Crippen LogP contribution is -2.23. The molecule has 0 aliphatic carbocycles. The van der Waals surface area contributed by atoms with E-state index in [1.54, 1.807) is 6.07 Å². The molecule has 0 fully saturated rings. The summed E-state index contributed by atoms with van der Waals surface area (Å²) >= 11 is 5.71. The van der Waals surface area contributed by atoms with Gasteiger partial charge in [-0.25, -0.2) is 0 Å². The fraction of sp³-hybridized carbons (Fsp3) is 0.308. The fourth-order valence-corrected chi connectivity index (χ4v) is 1.41. The van der Waals surface area contributed by atoms with Crippen molar-refractivity contribution >= 4 is 17.5 Å². The Morgan fingerprint density at radius 3 is 2.81 bits per heavy atom. The highest BCUT2D eigenvalue weighted by atomic mass is 35.5. The first-order valence-corrected chi connectivity index (χ1v) is 5.73. The van der Waals surface area contributed by atoms with Crippen LogP contribution in [0.2, 0.25) is 0 Å². The first kappa shape index (κ1) is 12.8. The summed E-state index contributed by atoms with van der Waals surface area (Å²) in [5, 5.41) is 2.82. The summed E-state index contributed by atoms with van der Waals surface area (Å²) < 4.78 is 0. The zero-order chi connectivity index (χ0) is 12.0. The number of hydrogen-bond donors (Lipinski definition) is 1. The summed E-state index contributed by atoms with van der Waals surface area (Å²) in [4.78, 5) is 11.7. The highest BCUT2D eigenvalue weighted by Crippen LogP contribution is 2.07. The van der Waals surface area contributed by atoms with Crippen molar-refractivity contribution in [3.63, 3.8) is 0 Å². The van der Waals surface area contributed by atoms with Gasteiger partial charge in [0.2, 0.25) is 0 Å². The van der Waals surface area contributed by atoms with Gasteiger partial charge in [-0.3, -0.25) is 4.79 Å². The Kier molecular flexibility index (Phi) is 5.06. The second-order valence-corrected chi connectivity index (χ2v) is 4.09. The third-order valence-corrected chi connectivity index (χ3v) is 2.43. The summed E-state index contributed by atoms with van der Waals surface area (Å²) in [6.45, 7) is 4.56. The van der Waals surface area contributed by atoms with Gasteiger partial charge in [-0.05, 0) is 31.5 Å². The molecule has 0 aliphatic heterocycles. The average molecular weight is 238 g/mol. The minimum atomic E-state index is -0.0653. The van der Waals surface area contributed by atoms with Crippen LogP contribution in [0.15, 0.2) is 35.9 Å². The molecule has 1 rings (SSSR count). The molecule has 0 spiro atoms. The van der Waals surface area contributed by atoms with Gasteiger partial charge in [0, 0.05) is 18.0 Å². The summed E-state index contributed by atoms with van der Waals surface area (Å²) in [5.74, 6) is 0.360. The van der Waals surface area contributed by atoms with Crippen LogP contribution in [0.1, 0.15) is 29.8 Å². The molecule has 2 nitrogen and oxygen atoms in total.